The van der Waals surface area contributed by atoms with E-state index in [-0.39, 0.29) is 10.4 Å². The summed E-state index contributed by atoms with van der Waals surface area (Å²) in [4.78, 5) is 3.90. The third kappa shape index (κ3) is 2.88. The zero-order valence-electron chi connectivity index (χ0n) is 11.0. The highest BCUT2D eigenvalue weighted by Crippen LogP contribution is 2.43. The Labute approximate surface area is 113 Å². The highest BCUT2D eigenvalue weighted by molar-refractivity contribution is 7.89. The van der Waals surface area contributed by atoms with Crippen LogP contribution in [0.25, 0.3) is 0 Å². The van der Waals surface area contributed by atoms with E-state index in [1.165, 1.54) is 12.6 Å². The van der Waals surface area contributed by atoms with Crippen molar-refractivity contribution in [3.05, 3.63) is 18.3 Å². The van der Waals surface area contributed by atoms with Gasteiger partial charge in [-0.1, -0.05) is 13.3 Å². The van der Waals surface area contributed by atoms with E-state index in [2.05, 4.69) is 22.1 Å². The van der Waals surface area contributed by atoms with E-state index in [1.807, 2.05) is 0 Å². The maximum Gasteiger partial charge on any atom is 0.260 e. The van der Waals surface area contributed by atoms with Crippen molar-refractivity contribution in [1.29, 1.82) is 0 Å². The summed E-state index contributed by atoms with van der Waals surface area (Å²) in [5.41, 5.74) is 2.78. The molecular weight excluding hydrogens is 264 g/mol. The van der Waals surface area contributed by atoms with Gasteiger partial charge in [0.1, 0.15) is 0 Å². The number of rotatable bonds is 6. The van der Waals surface area contributed by atoms with Crippen molar-refractivity contribution >= 4 is 15.7 Å². The van der Waals surface area contributed by atoms with Crippen LogP contribution in [0.5, 0.6) is 0 Å². The standard InChI is InChI=1S/C12H20N4O2S/c1-2-12(6-4-7-12)9-15-19(17,18)11-10(16-13)5-3-8-14-11/h3,5,8,15-16H,2,4,6-7,9,13H2,1H3. The number of pyridine rings is 1. The quantitative estimate of drug-likeness (QED) is 0.539. The minimum Gasteiger partial charge on any atom is -0.321 e. The van der Waals surface area contributed by atoms with Gasteiger partial charge in [-0.25, -0.2) is 18.1 Å². The number of nitrogens with two attached hydrogens (primary N) is 1. The predicted octanol–water partition coefficient (Wildman–Crippen LogP) is 1.23. The molecule has 1 aliphatic rings. The Morgan fingerprint density at radius 3 is 2.74 bits per heavy atom. The number of anilines is 1. The largest absolute Gasteiger partial charge is 0.321 e. The van der Waals surface area contributed by atoms with Gasteiger partial charge in [-0.2, -0.15) is 0 Å². The summed E-state index contributed by atoms with van der Waals surface area (Å²) in [7, 11) is -3.63. The topological polar surface area (TPSA) is 97.1 Å². The molecule has 0 bridgehead atoms. The number of hydrazine groups is 1. The fourth-order valence-corrected chi connectivity index (χ4v) is 3.61. The van der Waals surface area contributed by atoms with Crippen LogP contribution in [0.3, 0.4) is 0 Å². The van der Waals surface area contributed by atoms with Crippen LogP contribution in [0, 0.1) is 5.41 Å². The number of sulfonamides is 1. The van der Waals surface area contributed by atoms with E-state index >= 15 is 0 Å². The van der Waals surface area contributed by atoms with E-state index in [4.69, 9.17) is 5.84 Å². The van der Waals surface area contributed by atoms with Crippen molar-refractivity contribution in [1.82, 2.24) is 9.71 Å². The molecule has 0 atom stereocenters. The highest BCUT2D eigenvalue weighted by Gasteiger charge is 2.36. The lowest BCUT2D eigenvalue weighted by Gasteiger charge is -2.41. The molecule has 19 heavy (non-hydrogen) atoms. The first-order chi connectivity index (χ1) is 9.03. The second-order valence-electron chi connectivity index (χ2n) is 5.03. The maximum absolute atomic E-state index is 12.2. The molecule has 0 aromatic carbocycles. The summed E-state index contributed by atoms with van der Waals surface area (Å²) in [5.74, 6) is 5.31. The van der Waals surface area contributed by atoms with Crippen LogP contribution in [0.4, 0.5) is 5.69 Å². The Morgan fingerprint density at radius 2 is 2.21 bits per heavy atom. The minimum absolute atomic E-state index is 0.0527. The molecule has 1 aromatic heterocycles. The summed E-state index contributed by atoms with van der Waals surface area (Å²) in [6.07, 6.45) is 5.76. The van der Waals surface area contributed by atoms with Crippen molar-refractivity contribution in [3.63, 3.8) is 0 Å². The molecule has 0 amide bonds. The second kappa shape index (κ2) is 5.44. The van der Waals surface area contributed by atoms with Crippen molar-refractivity contribution < 1.29 is 8.42 Å². The van der Waals surface area contributed by atoms with E-state index in [1.54, 1.807) is 12.1 Å². The van der Waals surface area contributed by atoms with Crippen molar-refractivity contribution in [3.8, 4) is 0 Å². The molecule has 0 unspecified atom stereocenters. The van der Waals surface area contributed by atoms with Crippen molar-refractivity contribution in [2.75, 3.05) is 12.0 Å². The molecule has 6 nitrogen and oxygen atoms in total. The van der Waals surface area contributed by atoms with Crippen LogP contribution in [0.2, 0.25) is 0 Å². The Balaban J connectivity index is 2.14. The summed E-state index contributed by atoms with van der Waals surface area (Å²) < 4.78 is 27.1. The minimum atomic E-state index is -3.63. The molecule has 0 saturated heterocycles. The van der Waals surface area contributed by atoms with Gasteiger partial charge in [0.25, 0.3) is 10.0 Å². The van der Waals surface area contributed by atoms with E-state index < -0.39 is 10.0 Å². The lowest BCUT2D eigenvalue weighted by atomic mass is 9.67. The number of hydrogen-bond donors (Lipinski definition) is 3. The Hall–Kier alpha value is -1.18. The molecule has 0 aliphatic heterocycles. The molecule has 1 fully saturated rings. The molecule has 106 valence electrons. The highest BCUT2D eigenvalue weighted by atomic mass is 32.2. The molecule has 7 heteroatoms. The smallest absolute Gasteiger partial charge is 0.260 e. The number of hydrogen-bond acceptors (Lipinski definition) is 5. The summed E-state index contributed by atoms with van der Waals surface area (Å²) in [6, 6.07) is 3.22. The Bertz CT molecular complexity index is 535. The first-order valence-electron chi connectivity index (χ1n) is 6.44. The SMILES string of the molecule is CCC1(CNS(=O)(=O)c2ncccc2NN)CCC1. The summed E-state index contributed by atoms with van der Waals surface area (Å²) >= 11 is 0. The lowest BCUT2D eigenvalue weighted by molar-refractivity contribution is 0.133. The van der Waals surface area contributed by atoms with E-state index in [0.717, 1.165) is 19.3 Å². The van der Waals surface area contributed by atoms with Gasteiger partial charge in [-0.15, -0.1) is 0 Å². The molecule has 0 radical (unpaired) electrons. The van der Waals surface area contributed by atoms with Crippen LogP contribution < -0.4 is 16.0 Å². The molecule has 1 saturated carbocycles. The van der Waals surface area contributed by atoms with E-state index in [9.17, 15) is 8.42 Å². The Kier molecular flexibility index (Phi) is 4.07. The zero-order valence-corrected chi connectivity index (χ0v) is 11.8. The molecule has 4 N–H and O–H groups in total. The van der Waals surface area contributed by atoms with Gasteiger partial charge in [0.15, 0.2) is 5.03 Å². The summed E-state index contributed by atoms with van der Waals surface area (Å²) in [5, 5.41) is -0.0527. The van der Waals surface area contributed by atoms with Gasteiger partial charge in [-0.05, 0) is 36.8 Å². The molecule has 0 spiro atoms. The van der Waals surface area contributed by atoms with Crippen LogP contribution in [-0.2, 0) is 10.0 Å². The number of nitrogen functional groups attached to an aromatic ring is 1. The van der Waals surface area contributed by atoms with Gasteiger partial charge < -0.3 is 5.43 Å². The molecule has 2 rings (SSSR count). The van der Waals surface area contributed by atoms with Crippen LogP contribution in [0.1, 0.15) is 32.6 Å². The van der Waals surface area contributed by atoms with Crippen LogP contribution in [0.15, 0.2) is 23.4 Å². The first-order valence-corrected chi connectivity index (χ1v) is 7.93. The van der Waals surface area contributed by atoms with Gasteiger partial charge in [0, 0.05) is 12.7 Å². The average molecular weight is 284 g/mol. The van der Waals surface area contributed by atoms with Gasteiger partial charge in [0.2, 0.25) is 0 Å². The Morgan fingerprint density at radius 1 is 1.47 bits per heavy atom. The number of nitrogens with one attached hydrogen (secondary N) is 2. The number of aromatic nitrogens is 1. The maximum atomic E-state index is 12.2. The fourth-order valence-electron chi connectivity index (χ4n) is 2.36. The molecule has 1 aliphatic carbocycles. The number of nitrogens with zero attached hydrogens (tertiary/aromatic N) is 1. The lowest BCUT2D eigenvalue weighted by Crippen LogP contribution is -2.42. The first kappa shape index (κ1) is 14.2. The second-order valence-corrected chi connectivity index (χ2v) is 6.71. The van der Waals surface area contributed by atoms with Crippen LogP contribution in [-0.4, -0.2) is 19.9 Å². The molecule has 1 heterocycles. The normalized spacial score (nSPS) is 17.8. The monoisotopic (exact) mass is 284 g/mol. The van der Waals surface area contributed by atoms with Gasteiger partial charge in [0.05, 0.1) is 5.69 Å². The third-order valence-electron chi connectivity index (χ3n) is 3.98. The van der Waals surface area contributed by atoms with Crippen molar-refractivity contribution in [2.24, 2.45) is 11.3 Å². The molecular formula is C12H20N4O2S. The third-order valence-corrected chi connectivity index (χ3v) is 5.34. The zero-order chi connectivity index (χ0) is 13.9. The van der Waals surface area contributed by atoms with Gasteiger partial charge in [-0.3, -0.25) is 5.84 Å². The molecule has 1 aromatic rings. The predicted molar refractivity (Wildman–Crippen MR) is 73.8 cm³/mol. The van der Waals surface area contributed by atoms with Crippen LogP contribution >= 0.6 is 0 Å². The van der Waals surface area contributed by atoms with E-state index in [0.29, 0.717) is 12.2 Å². The van der Waals surface area contributed by atoms with Crippen molar-refractivity contribution in [2.45, 2.75) is 37.6 Å². The summed E-state index contributed by atoms with van der Waals surface area (Å²) in [6.45, 7) is 2.56. The average Bonchev–Trinajstić information content (AvgIpc) is 2.38. The fraction of sp³-hybridized carbons (Fsp3) is 0.583. The van der Waals surface area contributed by atoms with Gasteiger partial charge >= 0.3 is 0 Å².